The van der Waals surface area contributed by atoms with E-state index in [1.54, 1.807) is 24.3 Å². The highest BCUT2D eigenvalue weighted by Gasteiger charge is 2.52. The molecule has 2 aromatic carbocycles. The molecule has 4 rings (SSSR count). The second-order valence-electron chi connectivity index (χ2n) is 9.08. The number of carbonyl (C=O) groups is 4. The van der Waals surface area contributed by atoms with Crippen LogP contribution in [-0.2, 0) is 9.59 Å². The van der Waals surface area contributed by atoms with Gasteiger partial charge in [0.15, 0.2) is 5.78 Å². The van der Waals surface area contributed by atoms with Crippen LogP contribution >= 0.6 is 0 Å². The van der Waals surface area contributed by atoms with E-state index in [2.05, 4.69) is 0 Å². The summed E-state index contributed by atoms with van der Waals surface area (Å²) in [5.74, 6) is -3.08. The number of hydrogen-bond acceptors (Lipinski definition) is 6. The van der Waals surface area contributed by atoms with Gasteiger partial charge in [-0.05, 0) is 38.2 Å². The lowest BCUT2D eigenvalue weighted by Gasteiger charge is -2.30. The van der Waals surface area contributed by atoms with Crippen molar-refractivity contribution in [3.05, 3.63) is 75.3 Å². The van der Waals surface area contributed by atoms with Crippen LogP contribution in [0.5, 0.6) is 0 Å². The fourth-order valence-corrected chi connectivity index (χ4v) is 4.71. The molecule has 9 heteroatoms. The predicted octanol–water partition coefficient (Wildman–Crippen LogP) is 3.56. The van der Waals surface area contributed by atoms with Crippen molar-refractivity contribution in [2.24, 2.45) is 17.8 Å². The molecule has 1 heterocycles. The van der Waals surface area contributed by atoms with Gasteiger partial charge < -0.3 is 0 Å². The van der Waals surface area contributed by atoms with Gasteiger partial charge >= 0.3 is 0 Å². The number of non-ortho nitro benzene ring substituents is 1. The average Bonchev–Trinajstić information content (AvgIpc) is 3.06. The van der Waals surface area contributed by atoms with Crippen molar-refractivity contribution in [2.75, 3.05) is 6.54 Å². The Kier molecular flexibility index (Phi) is 6.28. The molecule has 9 nitrogen and oxygen atoms in total. The van der Waals surface area contributed by atoms with Crippen LogP contribution in [0, 0.1) is 34.8 Å². The van der Waals surface area contributed by atoms with E-state index in [4.69, 9.17) is 0 Å². The number of hydrogen-bond donors (Lipinski definition) is 0. The van der Waals surface area contributed by atoms with Gasteiger partial charge in [0.25, 0.3) is 23.4 Å². The number of nitro groups is 1. The summed E-state index contributed by atoms with van der Waals surface area (Å²) in [5, 5.41) is 12.9. The van der Waals surface area contributed by atoms with E-state index >= 15 is 0 Å². The number of rotatable bonds is 6. The molecule has 1 aliphatic heterocycles. The monoisotopic (exact) mass is 463 g/mol. The van der Waals surface area contributed by atoms with E-state index in [9.17, 15) is 29.3 Å². The predicted molar refractivity (Wildman–Crippen MR) is 121 cm³/mol. The van der Waals surface area contributed by atoms with Crippen LogP contribution in [0.25, 0.3) is 0 Å². The van der Waals surface area contributed by atoms with Crippen LogP contribution in [0.1, 0.15) is 52.5 Å². The summed E-state index contributed by atoms with van der Waals surface area (Å²) in [6, 6.07) is 11.8. The Morgan fingerprint density at radius 3 is 2.38 bits per heavy atom. The molecule has 1 saturated heterocycles. The lowest BCUT2D eigenvalue weighted by Crippen LogP contribution is -2.52. The van der Waals surface area contributed by atoms with Crippen molar-refractivity contribution < 1.29 is 24.1 Å². The number of carbonyl (C=O) groups excluding carboxylic acids is 4. The van der Waals surface area contributed by atoms with E-state index in [-0.39, 0.29) is 17.2 Å². The first kappa shape index (κ1) is 23.3. The number of nitro benzene ring substituents is 1. The van der Waals surface area contributed by atoms with Crippen LogP contribution in [-0.4, -0.2) is 45.0 Å². The molecule has 2 aromatic rings. The standard InChI is InChI=1S/C25H25N3O6/c1-15-6-9-17(10-7-15)22(29)14-26(23(30)18-4-3-5-19(13-18)28(33)34)27-24(31)20-11-8-16(2)12-21(20)25(27)32/h3-7,9-10,13,16,20-21H,8,11-12,14H2,1-2H3/t16-,20-,21-/m1/s1. The van der Waals surface area contributed by atoms with Gasteiger partial charge in [0.2, 0.25) is 0 Å². The molecule has 34 heavy (non-hydrogen) atoms. The van der Waals surface area contributed by atoms with Crippen molar-refractivity contribution in [1.29, 1.82) is 0 Å². The van der Waals surface area contributed by atoms with Crippen LogP contribution in [0.3, 0.4) is 0 Å². The van der Waals surface area contributed by atoms with Gasteiger partial charge in [-0.1, -0.05) is 42.8 Å². The van der Waals surface area contributed by atoms with Gasteiger partial charge in [0.1, 0.15) is 6.54 Å². The molecule has 3 atom stereocenters. The zero-order chi connectivity index (χ0) is 24.6. The Morgan fingerprint density at radius 2 is 1.71 bits per heavy atom. The molecule has 0 N–H and O–H groups in total. The highest BCUT2D eigenvalue weighted by atomic mass is 16.6. The van der Waals surface area contributed by atoms with Gasteiger partial charge in [0.05, 0.1) is 16.8 Å². The number of ketones is 1. The lowest BCUT2D eigenvalue weighted by atomic mass is 9.76. The maximum absolute atomic E-state index is 13.5. The molecule has 0 aromatic heterocycles. The molecule has 176 valence electrons. The van der Waals surface area contributed by atoms with E-state index in [0.717, 1.165) is 28.1 Å². The highest BCUT2D eigenvalue weighted by Crippen LogP contribution is 2.41. The van der Waals surface area contributed by atoms with Gasteiger partial charge in [-0.3, -0.25) is 29.3 Å². The molecule has 1 saturated carbocycles. The zero-order valence-corrected chi connectivity index (χ0v) is 19.0. The second kappa shape index (κ2) is 9.17. The Labute approximate surface area is 196 Å². The van der Waals surface area contributed by atoms with Crippen molar-refractivity contribution in [3.63, 3.8) is 0 Å². The molecule has 0 spiro atoms. The first-order valence-electron chi connectivity index (χ1n) is 11.2. The number of nitrogens with zero attached hydrogens (tertiary/aromatic N) is 3. The van der Waals surface area contributed by atoms with Gasteiger partial charge in [-0.25, -0.2) is 5.01 Å². The van der Waals surface area contributed by atoms with Crippen molar-refractivity contribution in [3.8, 4) is 0 Å². The normalized spacial score (nSPS) is 21.8. The Morgan fingerprint density at radius 1 is 1.03 bits per heavy atom. The largest absolute Gasteiger partial charge is 0.292 e. The lowest BCUT2D eigenvalue weighted by molar-refractivity contribution is -0.384. The number of imide groups is 1. The quantitative estimate of drug-likeness (QED) is 0.280. The average molecular weight is 463 g/mol. The summed E-state index contributed by atoms with van der Waals surface area (Å²) in [4.78, 5) is 63.7. The minimum Gasteiger partial charge on any atom is -0.292 e. The fourth-order valence-electron chi connectivity index (χ4n) is 4.71. The molecule has 2 fully saturated rings. The van der Waals surface area contributed by atoms with E-state index < -0.39 is 46.8 Å². The molecule has 2 aliphatic rings. The van der Waals surface area contributed by atoms with Crippen molar-refractivity contribution >= 4 is 29.2 Å². The molecule has 0 radical (unpaired) electrons. The Hall–Kier alpha value is -3.88. The number of Topliss-reactive ketones (excluding diaryl/α,β-unsaturated/α-hetero) is 1. The summed E-state index contributed by atoms with van der Waals surface area (Å²) in [6.45, 7) is 3.34. The fraction of sp³-hybridized carbons (Fsp3) is 0.360. The number of benzene rings is 2. The van der Waals surface area contributed by atoms with Gasteiger partial charge in [0, 0.05) is 23.3 Å². The summed E-state index contributed by atoms with van der Waals surface area (Å²) < 4.78 is 0. The number of fused-ring (bicyclic) bond motifs is 1. The Bertz CT molecular complexity index is 1180. The molecular weight excluding hydrogens is 438 g/mol. The molecule has 0 bridgehead atoms. The van der Waals surface area contributed by atoms with E-state index in [1.807, 2.05) is 13.8 Å². The third kappa shape index (κ3) is 4.33. The number of aryl methyl sites for hydroxylation is 1. The van der Waals surface area contributed by atoms with Gasteiger partial charge in [-0.2, -0.15) is 5.01 Å². The summed E-state index contributed by atoms with van der Waals surface area (Å²) in [6.07, 6.45) is 1.88. The van der Waals surface area contributed by atoms with Crippen molar-refractivity contribution in [1.82, 2.24) is 10.0 Å². The highest BCUT2D eigenvalue weighted by molar-refractivity contribution is 6.09. The first-order valence-corrected chi connectivity index (χ1v) is 11.2. The Balaban J connectivity index is 1.71. The summed E-state index contributed by atoms with van der Waals surface area (Å²) in [5.41, 5.74) is 0.878. The summed E-state index contributed by atoms with van der Waals surface area (Å²) in [7, 11) is 0. The van der Waals surface area contributed by atoms with Crippen LogP contribution in [0.15, 0.2) is 48.5 Å². The van der Waals surface area contributed by atoms with E-state index in [1.165, 1.54) is 18.2 Å². The molecular formula is C25H25N3O6. The minimum absolute atomic E-state index is 0.0882. The molecule has 0 unspecified atom stereocenters. The van der Waals surface area contributed by atoms with Crippen LogP contribution in [0.2, 0.25) is 0 Å². The second-order valence-corrected chi connectivity index (χ2v) is 9.08. The summed E-state index contributed by atoms with van der Waals surface area (Å²) >= 11 is 0. The maximum Gasteiger partial charge on any atom is 0.273 e. The molecule has 1 aliphatic carbocycles. The third-order valence-electron chi connectivity index (χ3n) is 6.61. The zero-order valence-electron chi connectivity index (χ0n) is 19.0. The third-order valence-corrected chi connectivity index (χ3v) is 6.61. The SMILES string of the molecule is Cc1ccc(C(=O)CN(C(=O)c2cccc([N+](=O)[O-])c2)N2C(=O)[C@@H]3CC[C@@H](C)C[C@H]3C2=O)cc1. The van der Waals surface area contributed by atoms with Gasteiger partial charge in [-0.15, -0.1) is 0 Å². The molecule has 3 amide bonds. The maximum atomic E-state index is 13.5. The number of amides is 3. The van der Waals surface area contributed by atoms with Crippen LogP contribution < -0.4 is 0 Å². The minimum atomic E-state index is -0.822. The van der Waals surface area contributed by atoms with Crippen LogP contribution in [0.4, 0.5) is 5.69 Å². The smallest absolute Gasteiger partial charge is 0.273 e. The van der Waals surface area contributed by atoms with E-state index in [0.29, 0.717) is 18.4 Å². The number of hydrazine groups is 1. The topological polar surface area (TPSA) is 118 Å². The first-order chi connectivity index (χ1) is 16.2. The van der Waals surface area contributed by atoms with Crippen molar-refractivity contribution in [2.45, 2.75) is 33.1 Å².